The zero-order valence-electron chi connectivity index (χ0n) is 13.5. The Morgan fingerprint density at radius 2 is 1.61 bits per heavy atom. The van der Waals surface area contributed by atoms with Gasteiger partial charge in [0, 0.05) is 0 Å². The first-order chi connectivity index (χ1) is 11.0. The molecule has 7 nitrogen and oxygen atoms in total. The second-order valence-electron chi connectivity index (χ2n) is 5.15. The van der Waals surface area contributed by atoms with Crippen LogP contribution >= 0.6 is 0 Å². The van der Waals surface area contributed by atoms with Crippen LogP contribution in [0.25, 0.3) is 5.69 Å². The molecule has 23 heavy (non-hydrogen) atoms. The molecule has 1 heterocycles. The van der Waals surface area contributed by atoms with Crippen LogP contribution in [0.4, 0.5) is 0 Å². The number of para-hydroxylation sites is 1. The van der Waals surface area contributed by atoms with Crippen LogP contribution in [0.5, 0.6) is 11.5 Å². The second-order valence-corrected chi connectivity index (χ2v) is 5.15. The van der Waals surface area contributed by atoms with Gasteiger partial charge in [-0.25, -0.2) is 0 Å². The number of rotatable bonds is 5. The smallest absolute Gasteiger partial charge is 0.321 e. The van der Waals surface area contributed by atoms with Crippen molar-refractivity contribution >= 4 is 11.4 Å². The SMILES string of the molecule is CC(C)=NOc1cnn(-c2ccccc2)c(=O)c1ON=C(C)C. The molecule has 0 bridgehead atoms. The van der Waals surface area contributed by atoms with Gasteiger partial charge in [0.2, 0.25) is 5.75 Å². The lowest BCUT2D eigenvalue weighted by Gasteiger charge is -2.09. The highest BCUT2D eigenvalue weighted by molar-refractivity contribution is 5.79. The van der Waals surface area contributed by atoms with Gasteiger partial charge in [0.15, 0.2) is 0 Å². The van der Waals surface area contributed by atoms with Crippen LogP contribution in [0.3, 0.4) is 0 Å². The topological polar surface area (TPSA) is 78.1 Å². The van der Waals surface area contributed by atoms with Gasteiger partial charge in [0.25, 0.3) is 5.75 Å². The molecule has 0 aliphatic heterocycles. The quantitative estimate of drug-likeness (QED) is 0.628. The maximum absolute atomic E-state index is 12.6. The summed E-state index contributed by atoms with van der Waals surface area (Å²) in [6, 6.07) is 9.01. The highest BCUT2D eigenvalue weighted by Crippen LogP contribution is 2.22. The predicted octanol–water partition coefficient (Wildman–Crippen LogP) is 2.78. The summed E-state index contributed by atoms with van der Waals surface area (Å²) in [5.41, 5.74) is 1.48. The summed E-state index contributed by atoms with van der Waals surface area (Å²) < 4.78 is 1.21. The predicted molar refractivity (Wildman–Crippen MR) is 88.7 cm³/mol. The van der Waals surface area contributed by atoms with Crippen molar-refractivity contribution in [3.8, 4) is 17.2 Å². The molecule has 0 saturated carbocycles. The number of hydrogen-bond acceptors (Lipinski definition) is 6. The Morgan fingerprint density at radius 1 is 1.00 bits per heavy atom. The summed E-state index contributed by atoms with van der Waals surface area (Å²) in [4.78, 5) is 23.1. The van der Waals surface area contributed by atoms with Crippen molar-refractivity contribution in [1.82, 2.24) is 9.78 Å². The Morgan fingerprint density at radius 3 is 2.22 bits per heavy atom. The minimum Gasteiger partial charge on any atom is -0.351 e. The average molecular weight is 314 g/mol. The Hall–Kier alpha value is -2.96. The maximum Gasteiger partial charge on any atom is 0.321 e. The molecule has 0 aliphatic rings. The fraction of sp³-hybridized carbons (Fsp3) is 0.250. The molecule has 0 atom stereocenters. The molecule has 0 spiro atoms. The fourth-order valence-corrected chi connectivity index (χ4v) is 1.60. The van der Waals surface area contributed by atoms with Crippen LogP contribution in [-0.4, -0.2) is 21.2 Å². The summed E-state index contributed by atoms with van der Waals surface area (Å²) in [7, 11) is 0. The van der Waals surface area contributed by atoms with Crippen molar-refractivity contribution in [3.05, 3.63) is 46.9 Å². The highest BCUT2D eigenvalue weighted by Gasteiger charge is 2.16. The largest absolute Gasteiger partial charge is 0.351 e. The van der Waals surface area contributed by atoms with Crippen LogP contribution in [0.15, 0.2) is 51.6 Å². The molecular formula is C16H18N4O3. The number of aromatic nitrogens is 2. The third-order valence-corrected chi connectivity index (χ3v) is 2.55. The van der Waals surface area contributed by atoms with Gasteiger partial charge >= 0.3 is 5.56 Å². The minimum absolute atomic E-state index is 0.0740. The molecule has 2 aromatic rings. The molecule has 0 radical (unpaired) electrons. The molecule has 0 fully saturated rings. The van der Waals surface area contributed by atoms with E-state index in [1.165, 1.54) is 10.9 Å². The first kappa shape index (κ1) is 16.4. The lowest BCUT2D eigenvalue weighted by Crippen LogP contribution is -2.22. The first-order valence-corrected chi connectivity index (χ1v) is 7.03. The van der Waals surface area contributed by atoms with E-state index in [-0.39, 0.29) is 11.5 Å². The van der Waals surface area contributed by atoms with Crippen LogP contribution < -0.4 is 15.2 Å². The molecule has 2 rings (SSSR count). The van der Waals surface area contributed by atoms with Gasteiger partial charge in [-0.1, -0.05) is 28.5 Å². The van der Waals surface area contributed by atoms with Crippen molar-refractivity contribution in [3.63, 3.8) is 0 Å². The molecule has 0 amide bonds. The van der Waals surface area contributed by atoms with E-state index in [1.54, 1.807) is 39.8 Å². The van der Waals surface area contributed by atoms with Gasteiger partial charge in [0.05, 0.1) is 23.3 Å². The van der Waals surface area contributed by atoms with Crippen LogP contribution in [0.2, 0.25) is 0 Å². The van der Waals surface area contributed by atoms with Gasteiger partial charge in [-0.15, -0.1) is 0 Å². The van der Waals surface area contributed by atoms with E-state index in [1.807, 2.05) is 18.2 Å². The molecule has 1 aromatic carbocycles. The maximum atomic E-state index is 12.6. The van der Waals surface area contributed by atoms with Crippen molar-refractivity contribution < 1.29 is 9.68 Å². The zero-order chi connectivity index (χ0) is 16.8. The van der Waals surface area contributed by atoms with Crippen LogP contribution in [0.1, 0.15) is 27.7 Å². The van der Waals surface area contributed by atoms with Gasteiger partial charge in [-0.05, 0) is 39.8 Å². The van der Waals surface area contributed by atoms with E-state index >= 15 is 0 Å². The Bertz CT molecular complexity index is 787. The van der Waals surface area contributed by atoms with E-state index in [2.05, 4.69) is 15.4 Å². The third-order valence-electron chi connectivity index (χ3n) is 2.55. The van der Waals surface area contributed by atoms with Crippen molar-refractivity contribution in [2.45, 2.75) is 27.7 Å². The van der Waals surface area contributed by atoms with Crippen LogP contribution in [-0.2, 0) is 0 Å². The lowest BCUT2D eigenvalue weighted by molar-refractivity contribution is 0.279. The van der Waals surface area contributed by atoms with E-state index < -0.39 is 5.56 Å². The summed E-state index contributed by atoms with van der Waals surface area (Å²) >= 11 is 0. The summed E-state index contributed by atoms with van der Waals surface area (Å²) in [6.07, 6.45) is 1.37. The standard InChI is InChI=1S/C16H18N4O3/c1-11(2)18-22-14-10-17-20(13-8-6-5-7-9-13)16(21)15(14)23-19-12(3)4/h5-10H,1-4H3. The molecular weight excluding hydrogens is 296 g/mol. The monoisotopic (exact) mass is 314 g/mol. The van der Waals surface area contributed by atoms with E-state index in [9.17, 15) is 4.79 Å². The highest BCUT2D eigenvalue weighted by atomic mass is 16.7. The van der Waals surface area contributed by atoms with E-state index in [4.69, 9.17) is 9.68 Å². The van der Waals surface area contributed by atoms with Crippen molar-refractivity contribution in [2.75, 3.05) is 0 Å². The van der Waals surface area contributed by atoms with Gasteiger partial charge in [-0.2, -0.15) is 9.78 Å². The normalized spacial score (nSPS) is 9.91. The summed E-state index contributed by atoms with van der Waals surface area (Å²) in [5.74, 6) is 0.0310. The molecule has 1 aromatic heterocycles. The van der Waals surface area contributed by atoms with Crippen LogP contribution in [0, 0.1) is 0 Å². The first-order valence-electron chi connectivity index (χ1n) is 7.03. The lowest BCUT2D eigenvalue weighted by atomic mass is 10.3. The number of benzene rings is 1. The van der Waals surface area contributed by atoms with Gasteiger partial charge in [0.1, 0.15) is 0 Å². The molecule has 0 unspecified atom stereocenters. The molecule has 0 saturated heterocycles. The second kappa shape index (κ2) is 7.35. The van der Waals surface area contributed by atoms with E-state index in [0.29, 0.717) is 17.1 Å². The Kier molecular flexibility index (Phi) is 5.24. The van der Waals surface area contributed by atoms with Gasteiger partial charge < -0.3 is 9.68 Å². The Labute approximate surface area is 133 Å². The number of nitrogens with zero attached hydrogens (tertiary/aromatic N) is 4. The molecule has 0 N–H and O–H groups in total. The molecule has 120 valence electrons. The molecule has 0 aliphatic carbocycles. The summed E-state index contributed by atoms with van der Waals surface area (Å²) in [6.45, 7) is 7.05. The fourth-order valence-electron chi connectivity index (χ4n) is 1.60. The zero-order valence-corrected chi connectivity index (χ0v) is 13.5. The van der Waals surface area contributed by atoms with E-state index in [0.717, 1.165) is 0 Å². The van der Waals surface area contributed by atoms with Crippen molar-refractivity contribution in [2.24, 2.45) is 10.3 Å². The minimum atomic E-state index is -0.484. The van der Waals surface area contributed by atoms with Crippen molar-refractivity contribution in [1.29, 1.82) is 0 Å². The average Bonchev–Trinajstić information content (AvgIpc) is 2.52. The molecule has 7 heteroatoms. The third kappa shape index (κ3) is 4.26. The number of oxime groups is 2. The summed E-state index contributed by atoms with van der Waals surface area (Å²) in [5, 5.41) is 11.7. The number of hydrogen-bond donors (Lipinski definition) is 0. The Balaban J connectivity index is 2.53. The van der Waals surface area contributed by atoms with Gasteiger partial charge in [-0.3, -0.25) is 4.79 Å².